The molecule has 0 amide bonds. The van der Waals surface area contributed by atoms with Gasteiger partial charge in [0.25, 0.3) is 0 Å². The van der Waals surface area contributed by atoms with Crippen LogP contribution in [0.4, 0.5) is 5.82 Å². The third-order valence-corrected chi connectivity index (χ3v) is 6.36. The summed E-state index contributed by atoms with van der Waals surface area (Å²) >= 11 is 0. The Labute approximate surface area is 182 Å². The van der Waals surface area contributed by atoms with Gasteiger partial charge in [0.2, 0.25) is 0 Å². The molecule has 0 saturated heterocycles. The molecule has 2 aliphatic rings. The van der Waals surface area contributed by atoms with Gasteiger partial charge in [0.1, 0.15) is 17.6 Å². The summed E-state index contributed by atoms with van der Waals surface area (Å²) in [5, 5.41) is 8.55. The first-order valence-corrected chi connectivity index (χ1v) is 10.8. The van der Waals surface area contributed by atoms with Crippen molar-refractivity contribution in [3.05, 3.63) is 76.6 Å². The highest BCUT2D eigenvalue weighted by atomic mass is 16.5. The highest BCUT2D eigenvalue weighted by molar-refractivity contribution is 6.00. The number of hydrogen-bond donors (Lipinski definition) is 1. The number of aromatic nitrogens is 2. The summed E-state index contributed by atoms with van der Waals surface area (Å²) in [6.07, 6.45) is 1.46. The number of hydrogen-bond acceptors (Lipinski definition) is 4. The fourth-order valence-corrected chi connectivity index (χ4v) is 4.84. The standard InChI is InChI=1S/C26H27N3O2/c1-15-5-7-19(8-6-15)25-24-21(13-16(2)14-22(24)30)27-26-23(17(3)28-29(25)26)18-9-11-20(31-4)12-10-18/h5-12,16,25,27H,13-14H2,1-4H3/t16-,25+/m1/s1. The van der Waals surface area contributed by atoms with Crippen molar-refractivity contribution >= 4 is 11.6 Å². The maximum Gasteiger partial charge on any atom is 0.163 e. The van der Waals surface area contributed by atoms with E-state index in [9.17, 15) is 4.79 Å². The second kappa shape index (κ2) is 7.41. The topological polar surface area (TPSA) is 56.1 Å². The van der Waals surface area contributed by atoms with Gasteiger partial charge >= 0.3 is 0 Å². The lowest BCUT2D eigenvalue weighted by molar-refractivity contribution is -0.117. The van der Waals surface area contributed by atoms with Crippen LogP contribution in [0.3, 0.4) is 0 Å². The zero-order valence-corrected chi connectivity index (χ0v) is 18.4. The zero-order valence-electron chi connectivity index (χ0n) is 18.4. The Morgan fingerprint density at radius 1 is 1.03 bits per heavy atom. The van der Waals surface area contributed by atoms with Crippen LogP contribution in [0.2, 0.25) is 0 Å². The Kier molecular flexibility index (Phi) is 4.69. The lowest BCUT2D eigenvalue weighted by Crippen LogP contribution is -2.33. The summed E-state index contributed by atoms with van der Waals surface area (Å²) in [6, 6.07) is 16.3. The normalized spacial score (nSPS) is 20.2. The maximum atomic E-state index is 13.2. The van der Waals surface area contributed by atoms with Crippen molar-refractivity contribution in [3.63, 3.8) is 0 Å². The summed E-state index contributed by atoms with van der Waals surface area (Å²) < 4.78 is 7.33. The summed E-state index contributed by atoms with van der Waals surface area (Å²) in [6.45, 7) is 6.25. The number of benzene rings is 2. The first-order valence-electron chi connectivity index (χ1n) is 10.8. The highest BCUT2D eigenvalue weighted by Gasteiger charge is 2.39. The fourth-order valence-electron chi connectivity index (χ4n) is 4.84. The molecule has 0 bridgehead atoms. The van der Waals surface area contributed by atoms with Crippen LogP contribution >= 0.6 is 0 Å². The molecule has 31 heavy (non-hydrogen) atoms. The number of ether oxygens (including phenoxy) is 1. The van der Waals surface area contributed by atoms with Gasteiger partial charge < -0.3 is 10.1 Å². The molecule has 1 aliphatic heterocycles. The number of allylic oxidation sites excluding steroid dienone is 2. The van der Waals surface area contributed by atoms with E-state index in [0.717, 1.165) is 51.6 Å². The third kappa shape index (κ3) is 3.25. The first kappa shape index (κ1) is 19.6. The lowest BCUT2D eigenvalue weighted by Gasteiger charge is -2.35. The molecule has 2 heterocycles. The number of anilines is 1. The van der Waals surface area contributed by atoms with E-state index in [1.54, 1.807) is 7.11 Å². The first-order chi connectivity index (χ1) is 15.0. The minimum atomic E-state index is -0.211. The Morgan fingerprint density at radius 3 is 2.42 bits per heavy atom. The molecule has 5 nitrogen and oxygen atoms in total. The molecule has 1 aromatic heterocycles. The van der Waals surface area contributed by atoms with E-state index in [1.165, 1.54) is 5.56 Å². The van der Waals surface area contributed by atoms with Crippen LogP contribution in [-0.4, -0.2) is 22.7 Å². The van der Waals surface area contributed by atoms with Crippen molar-refractivity contribution in [1.29, 1.82) is 0 Å². The fraction of sp³-hybridized carbons (Fsp3) is 0.308. The zero-order chi connectivity index (χ0) is 21.7. The summed E-state index contributed by atoms with van der Waals surface area (Å²) in [7, 11) is 1.67. The van der Waals surface area contributed by atoms with Gasteiger partial charge in [-0.2, -0.15) is 5.10 Å². The van der Waals surface area contributed by atoms with Gasteiger partial charge in [-0.1, -0.05) is 48.9 Å². The highest BCUT2D eigenvalue weighted by Crippen LogP contribution is 2.45. The number of aryl methyl sites for hydroxylation is 2. The molecule has 0 radical (unpaired) electrons. The maximum absolute atomic E-state index is 13.2. The molecule has 0 fully saturated rings. The molecule has 5 heteroatoms. The quantitative estimate of drug-likeness (QED) is 0.621. The second-order valence-electron chi connectivity index (χ2n) is 8.75. The van der Waals surface area contributed by atoms with Gasteiger partial charge in [-0.05, 0) is 49.4 Å². The van der Waals surface area contributed by atoms with E-state index >= 15 is 0 Å². The number of rotatable bonds is 3. The molecular formula is C26H27N3O2. The Hall–Kier alpha value is -3.34. The number of ketones is 1. The van der Waals surface area contributed by atoms with Crippen molar-refractivity contribution in [3.8, 4) is 16.9 Å². The predicted octanol–water partition coefficient (Wildman–Crippen LogP) is 5.44. The Bertz CT molecular complexity index is 1190. The van der Waals surface area contributed by atoms with Crippen LogP contribution in [-0.2, 0) is 4.79 Å². The van der Waals surface area contributed by atoms with Crippen LogP contribution in [0.1, 0.15) is 42.6 Å². The Morgan fingerprint density at radius 2 is 1.74 bits per heavy atom. The van der Waals surface area contributed by atoms with Crippen LogP contribution in [0.5, 0.6) is 5.75 Å². The van der Waals surface area contributed by atoms with Crippen LogP contribution < -0.4 is 10.1 Å². The summed E-state index contributed by atoms with van der Waals surface area (Å²) in [5.41, 5.74) is 7.27. The molecule has 0 unspecified atom stereocenters. The number of carbonyl (C=O) groups excluding carboxylic acids is 1. The summed E-state index contributed by atoms with van der Waals surface area (Å²) in [4.78, 5) is 13.2. The van der Waals surface area contributed by atoms with E-state index < -0.39 is 0 Å². The number of carbonyl (C=O) groups is 1. The molecule has 0 saturated carbocycles. The Balaban J connectivity index is 1.71. The van der Waals surface area contributed by atoms with Crippen LogP contribution in [0.25, 0.3) is 11.1 Å². The van der Waals surface area contributed by atoms with Crippen molar-refractivity contribution in [2.45, 2.75) is 39.7 Å². The molecule has 2 atom stereocenters. The van der Waals surface area contributed by atoms with Gasteiger partial charge in [0.05, 0.1) is 12.8 Å². The third-order valence-electron chi connectivity index (χ3n) is 6.36. The molecule has 1 N–H and O–H groups in total. The number of nitrogens with zero attached hydrogens (tertiary/aromatic N) is 2. The van der Waals surface area contributed by atoms with Gasteiger partial charge in [0.15, 0.2) is 5.78 Å². The van der Waals surface area contributed by atoms with Gasteiger partial charge in [0, 0.05) is 23.3 Å². The summed E-state index contributed by atoms with van der Waals surface area (Å²) in [5.74, 6) is 2.33. The van der Waals surface area contributed by atoms with E-state index in [-0.39, 0.29) is 11.8 Å². The predicted molar refractivity (Wildman–Crippen MR) is 122 cm³/mol. The van der Waals surface area contributed by atoms with Crippen LogP contribution in [0, 0.1) is 19.8 Å². The smallest absolute Gasteiger partial charge is 0.163 e. The molecule has 2 aromatic carbocycles. The minimum Gasteiger partial charge on any atom is -0.497 e. The lowest BCUT2D eigenvalue weighted by atomic mass is 9.81. The molecule has 158 valence electrons. The number of fused-ring (bicyclic) bond motifs is 1. The number of nitrogens with one attached hydrogen (secondary N) is 1. The molecule has 5 rings (SSSR count). The van der Waals surface area contributed by atoms with E-state index in [1.807, 2.05) is 23.7 Å². The molecule has 1 aliphatic carbocycles. The largest absolute Gasteiger partial charge is 0.497 e. The number of Topliss-reactive ketones (excluding diaryl/α,β-unsaturated/α-hetero) is 1. The second-order valence-corrected chi connectivity index (χ2v) is 8.75. The average Bonchev–Trinajstić information content (AvgIpc) is 3.08. The SMILES string of the molecule is COc1ccc(-c2c(C)nn3c2NC2=C(C(=O)C[C@H](C)C2)[C@@H]3c2ccc(C)cc2)cc1. The van der Waals surface area contributed by atoms with E-state index in [0.29, 0.717) is 12.3 Å². The van der Waals surface area contributed by atoms with Crippen LogP contribution in [0.15, 0.2) is 59.8 Å². The van der Waals surface area contributed by atoms with Gasteiger partial charge in [-0.3, -0.25) is 4.79 Å². The molecule has 3 aromatic rings. The van der Waals surface area contributed by atoms with E-state index in [2.05, 4.69) is 55.6 Å². The van der Waals surface area contributed by atoms with E-state index in [4.69, 9.17) is 9.84 Å². The van der Waals surface area contributed by atoms with Gasteiger partial charge in [-0.25, -0.2) is 4.68 Å². The molecular weight excluding hydrogens is 386 g/mol. The number of methoxy groups -OCH3 is 1. The van der Waals surface area contributed by atoms with Crippen molar-refractivity contribution in [1.82, 2.24) is 9.78 Å². The van der Waals surface area contributed by atoms with Crippen molar-refractivity contribution < 1.29 is 9.53 Å². The van der Waals surface area contributed by atoms with Gasteiger partial charge in [-0.15, -0.1) is 0 Å². The van der Waals surface area contributed by atoms with Crippen molar-refractivity contribution in [2.75, 3.05) is 12.4 Å². The van der Waals surface area contributed by atoms with Crippen molar-refractivity contribution in [2.24, 2.45) is 5.92 Å². The molecule has 0 spiro atoms. The monoisotopic (exact) mass is 413 g/mol. The minimum absolute atomic E-state index is 0.211. The average molecular weight is 414 g/mol.